The van der Waals surface area contributed by atoms with Crippen molar-refractivity contribution in [1.82, 2.24) is 20.0 Å². The monoisotopic (exact) mass is 799 g/mol. The van der Waals surface area contributed by atoms with E-state index in [1.807, 2.05) is 83.5 Å². The maximum absolute atomic E-state index is 12.0. The third kappa shape index (κ3) is 6.02. The van der Waals surface area contributed by atoms with Crippen LogP contribution in [0.3, 0.4) is 0 Å². The maximum atomic E-state index is 12.0. The van der Waals surface area contributed by atoms with Crippen LogP contribution in [0.2, 0.25) is 0 Å². The van der Waals surface area contributed by atoms with E-state index in [9.17, 15) is 4.79 Å². The molecule has 256 valence electrons. The lowest BCUT2D eigenvalue weighted by Crippen LogP contribution is -2.39. The number of hydrogen-bond acceptors (Lipinski definition) is 5. The predicted octanol–water partition coefficient (Wildman–Crippen LogP) is 10.0. The molecule has 2 heterocycles. The lowest BCUT2D eigenvalue weighted by atomic mass is 9.77. The number of rotatable bonds is 11. The highest BCUT2D eigenvalue weighted by Gasteiger charge is 2.42. The fraction of sp³-hybridized carbons (Fsp3) is 0.0435. The number of pyridine rings is 1. The molecular weight excluding hydrogens is 765 g/mol. The Balaban J connectivity index is 1.48. The van der Waals surface area contributed by atoms with Crippen LogP contribution in [0, 0.1) is 0 Å². The minimum atomic E-state index is -0.962. The Morgan fingerprint density at radius 3 is 1.32 bits per heavy atom. The summed E-state index contributed by atoms with van der Waals surface area (Å²) >= 11 is 2.21. The van der Waals surface area contributed by atoms with E-state index in [1.165, 1.54) is 0 Å². The van der Waals surface area contributed by atoms with Gasteiger partial charge in [-0.1, -0.05) is 187 Å². The number of halogens is 1. The van der Waals surface area contributed by atoms with Gasteiger partial charge in [0.2, 0.25) is 0 Å². The first-order chi connectivity index (χ1) is 26.2. The molecule has 0 saturated heterocycles. The minimum absolute atomic E-state index is 0.554. The van der Waals surface area contributed by atoms with E-state index in [2.05, 4.69) is 137 Å². The van der Waals surface area contributed by atoms with Crippen molar-refractivity contribution in [3.63, 3.8) is 0 Å². The fourth-order valence-corrected chi connectivity index (χ4v) is 7.96. The van der Waals surface area contributed by atoms with Crippen molar-refractivity contribution >= 4 is 49.4 Å². The number of hydrogen-bond donors (Lipinski definition) is 1. The number of benzene rings is 6. The van der Waals surface area contributed by atoms with Crippen LogP contribution in [0.15, 0.2) is 194 Å². The molecule has 8 rings (SSSR count). The first-order valence-corrected chi connectivity index (χ1v) is 18.4. The normalized spacial score (nSPS) is 12.1. The van der Waals surface area contributed by atoms with E-state index in [4.69, 9.17) is 15.3 Å². The second-order valence-electron chi connectivity index (χ2n) is 12.7. The van der Waals surface area contributed by atoms with Gasteiger partial charge >= 0.3 is 0 Å². The van der Waals surface area contributed by atoms with Gasteiger partial charge in [0.1, 0.15) is 28.7 Å². The van der Waals surface area contributed by atoms with Crippen LogP contribution in [0.25, 0.3) is 14.7 Å². The number of nitrogens with zero attached hydrogens (tertiary/aromatic N) is 4. The van der Waals surface area contributed by atoms with Crippen molar-refractivity contribution < 1.29 is 4.79 Å². The molecule has 0 aliphatic rings. The number of carbonyl (C=O) groups is 1. The highest BCUT2D eigenvalue weighted by Crippen LogP contribution is 2.44. The molecule has 0 spiro atoms. The molecule has 0 aliphatic heterocycles. The van der Waals surface area contributed by atoms with Crippen LogP contribution in [0.5, 0.6) is 0 Å². The van der Waals surface area contributed by atoms with Crippen molar-refractivity contribution in [3.8, 4) is 0 Å². The number of allylic oxidation sites excluding steroid dienone is 1. The summed E-state index contributed by atoms with van der Waals surface area (Å²) < 4.78 is 2.66. The van der Waals surface area contributed by atoms with Crippen LogP contribution < -0.4 is 5.32 Å². The van der Waals surface area contributed by atoms with Crippen LogP contribution >= 0.6 is 22.6 Å². The molecule has 0 aliphatic carbocycles. The zero-order chi connectivity index (χ0) is 36.1. The molecule has 53 heavy (non-hydrogen) atoms. The van der Waals surface area contributed by atoms with Crippen molar-refractivity contribution in [2.24, 2.45) is 0 Å². The summed E-state index contributed by atoms with van der Waals surface area (Å²) in [5, 5.41) is 13.8. The predicted molar refractivity (Wildman–Crippen MR) is 221 cm³/mol. The van der Waals surface area contributed by atoms with Crippen molar-refractivity contribution in [2.45, 2.75) is 11.1 Å². The zero-order valence-corrected chi connectivity index (χ0v) is 30.8. The average molecular weight is 800 g/mol. The van der Waals surface area contributed by atoms with Gasteiger partial charge in [0.15, 0.2) is 5.65 Å². The van der Waals surface area contributed by atoms with Gasteiger partial charge < -0.3 is 5.32 Å². The lowest BCUT2D eigenvalue weighted by Gasteiger charge is -2.38. The second kappa shape index (κ2) is 14.8. The highest BCUT2D eigenvalue weighted by atomic mass is 127. The van der Waals surface area contributed by atoms with Crippen molar-refractivity contribution in [3.05, 3.63) is 233 Å². The van der Waals surface area contributed by atoms with E-state index in [0.717, 1.165) is 48.8 Å². The minimum Gasteiger partial charge on any atom is -0.353 e. The summed E-state index contributed by atoms with van der Waals surface area (Å²) in [6.45, 7) is 0. The molecule has 2 aromatic heterocycles. The molecule has 0 saturated carbocycles. The van der Waals surface area contributed by atoms with Gasteiger partial charge in [0, 0.05) is 9.14 Å². The fourth-order valence-electron chi connectivity index (χ4n) is 7.40. The first kappa shape index (κ1) is 33.9. The Bertz CT molecular complexity index is 2300. The maximum Gasteiger partial charge on any atom is 0.182 e. The van der Waals surface area contributed by atoms with E-state index in [0.29, 0.717) is 17.0 Å². The average Bonchev–Trinajstić information content (AvgIpc) is 3.66. The van der Waals surface area contributed by atoms with Gasteiger partial charge in [0.25, 0.3) is 0 Å². The van der Waals surface area contributed by atoms with E-state index >= 15 is 0 Å². The Labute approximate surface area is 322 Å². The molecule has 0 fully saturated rings. The van der Waals surface area contributed by atoms with E-state index in [1.54, 1.807) is 6.08 Å². The summed E-state index contributed by atoms with van der Waals surface area (Å²) in [5.74, 6) is 0.587. The summed E-state index contributed by atoms with van der Waals surface area (Å²) in [5.41, 5.74) is 6.17. The Kier molecular flexibility index (Phi) is 9.48. The third-order valence-corrected chi connectivity index (χ3v) is 10.6. The standard InChI is InChI=1S/C46H34IN5O/c47-41(31-32-53)40-33-42(49-45(34-19-7-1-8-20-34,35-21-9-2-10-22-35)36-23-11-3-12-24-36)48-44-43(40)50-51-52(44)46(37-25-13-4-14-26-37,38-27-15-5-16-28-38)39-29-17-6-18-30-39/h1-33H,(H,48,49)/b41-31-. The smallest absolute Gasteiger partial charge is 0.182 e. The van der Waals surface area contributed by atoms with Gasteiger partial charge in [0.05, 0.1) is 0 Å². The molecule has 0 atom stereocenters. The molecule has 0 bridgehead atoms. The number of aldehydes is 1. The van der Waals surface area contributed by atoms with Gasteiger partial charge in [-0.2, -0.15) is 0 Å². The van der Waals surface area contributed by atoms with Crippen LogP contribution in [-0.4, -0.2) is 26.3 Å². The lowest BCUT2D eigenvalue weighted by molar-refractivity contribution is -0.104. The van der Waals surface area contributed by atoms with Gasteiger partial charge in [-0.25, -0.2) is 9.67 Å². The topological polar surface area (TPSA) is 72.7 Å². The Morgan fingerprint density at radius 2 is 0.943 bits per heavy atom. The summed E-state index contributed by atoms with van der Waals surface area (Å²) in [7, 11) is 0. The number of anilines is 1. The quantitative estimate of drug-likeness (QED) is 0.0611. The van der Waals surface area contributed by atoms with Crippen molar-refractivity contribution in [2.75, 3.05) is 5.32 Å². The number of aromatic nitrogens is 4. The van der Waals surface area contributed by atoms with Crippen LogP contribution in [0.4, 0.5) is 5.82 Å². The Hall–Kier alpha value is -6.19. The van der Waals surface area contributed by atoms with Gasteiger partial charge in [-0.15, -0.1) is 5.10 Å². The molecular formula is C46H34IN5O. The third-order valence-electron chi connectivity index (χ3n) is 9.71. The molecule has 6 nitrogen and oxygen atoms in total. The molecule has 8 aromatic rings. The number of nitrogens with one attached hydrogen (secondary N) is 1. The van der Waals surface area contributed by atoms with Crippen LogP contribution in [-0.2, 0) is 15.9 Å². The first-order valence-electron chi connectivity index (χ1n) is 17.4. The molecule has 0 amide bonds. The second-order valence-corrected chi connectivity index (χ2v) is 13.8. The van der Waals surface area contributed by atoms with Crippen molar-refractivity contribution in [1.29, 1.82) is 0 Å². The molecule has 6 aromatic carbocycles. The summed E-state index contributed by atoms with van der Waals surface area (Å²) in [6, 6.07) is 64.3. The highest BCUT2D eigenvalue weighted by molar-refractivity contribution is 14.1. The number of carbonyl (C=O) groups excluding carboxylic acids is 1. The summed E-state index contributed by atoms with van der Waals surface area (Å²) in [6.07, 6.45) is 2.35. The zero-order valence-electron chi connectivity index (χ0n) is 28.6. The van der Waals surface area contributed by atoms with E-state index in [-0.39, 0.29) is 0 Å². The SMILES string of the molecule is O=C/C=C(\I)c1cc(NC(c2ccccc2)(c2ccccc2)c2ccccc2)nc2c1nnn2C(c1ccccc1)(c1ccccc1)c1ccccc1. The van der Waals surface area contributed by atoms with Crippen LogP contribution in [0.1, 0.15) is 38.9 Å². The Morgan fingerprint density at radius 1 is 0.566 bits per heavy atom. The van der Waals surface area contributed by atoms with E-state index < -0.39 is 11.1 Å². The largest absolute Gasteiger partial charge is 0.353 e. The molecule has 0 radical (unpaired) electrons. The van der Waals surface area contributed by atoms with Gasteiger partial charge in [-0.3, -0.25) is 4.79 Å². The molecule has 7 heteroatoms. The molecule has 0 unspecified atom stereocenters. The number of fused-ring (bicyclic) bond motifs is 1. The van der Waals surface area contributed by atoms with Gasteiger partial charge in [-0.05, 0) is 68.1 Å². The molecule has 1 N–H and O–H groups in total. The summed E-state index contributed by atoms with van der Waals surface area (Å²) in [4.78, 5) is 17.4.